The van der Waals surface area contributed by atoms with Gasteiger partial charge in [0.1, 0.15) is 17.6 Å². The first-order chi connectivity index (χ1) is 10.7. The molecule has 0 saturated heterocycles. The normalized spacial score (nSPS) is 12.4. The van der Waals surface area contributed by atoms with Gasteiger partial charge in [0.15, 0.2) is 0 Å². The molecule has 9 heteroatoms. The van der Waals surface area contributed by atoms with Gasteiger partial charge in [0.2, 0.25) is 5.91 Å². The van der Waals surface area contributed by atoms with Crippen molar-refractivity contribution in [2.24, 2.45) is 0 Å². The zero-order valence-corrected chi connectivity index (χ0v) is 13.0. The van der Waals surface area contributed by atoms with E-state index in [-0.39, 0.29) is 25.0 Å². The van der Waals surface area contributed by atoms with Crippen LogP contribution in [0.2, 0.25) is 0 Å². The minimum Gasteiger partial charge on any atom is -0.480 e. The highest BCUT2D eigenvalue weighted by atomic mass is 32.2. The molecule has 0 aliphatic carbocycles. The number of benzene rings is 1. The van der Waals surface area contributed by atoms with Crippen molar-refractivity contribution in [3.63, 3.8) is 0 Å². The Morgan fingerprint density at radius 2 is 1.70 bits per heavy atom. The van der Waals surface area contributed by atoms with Gasteiger partial charge < -0.3 is 10.4 Å². The first kappa shape index (κ1) is 18.8. The lowest BCUT2D eigenvalue weighted by Crippen LogP contribution is -2.45. The number of hydrogen-bond donors (Lipinski definition) is 3. The molecule has 1 atom stereocenters. The van der Waals surface area contributed by atoms with Crippen molar-refractivity contribution in [1.82, 2.24) is 5.32 Å². The average molecular weight is 343 g/mol. The lowest BCUT2D eigenvalue weighted by molar-refractivity contribution is -0.141. The zero-order chi connectivity index (χ0) is 17.5. The molecule has 1 aromatic rings. The lowest BCUT2D eigenvalue weighted by atomic mass is 10.1. The quantitative estimate of drug-likeness (QED) is 0.538. The SMILES string of the molecule is O=C(CCC(=O)N[C@@H](CS(=O)(=O)O)C(=O)O)Cc1ccccc1. The Morgan fingerprint density at radius 1 is 1.09 bits per heavy atom. The van der Waals surface area contributed by atoms with Crippen molar-refractivity contribution < 1.29 is 32.5 Å². The number of carboxylic acids is 1. The van der Waals surface area contributed by atoms with Gasteiger partial charge >= 0.3 is 5.97 Å². The second kappa shape index (κ2) is 8.39. The second-order valence-electron chi connectivity index (χ2n) is 4.91. The van der Waals surface area contributed by atoms with Gasteiger partial charge in [-0.2, -0.15) is 8.42 Å². The Labute approximate surface area is 133 Å². The predicted octanol–water partition coefficient (Wildman–Crippen LogP) is 0.0356. The number of carbonyl (C=O) groups is 3. The Bertz CT molecular complexity index is 670. The highest BCUT2D eigenvalue weighted by Gasteiger charge is 2.25. The van der Waals surface area contributed by atoms with Crippen molar-refractivity contribution >= 4 is 27.8 Å². The van der Waals surface area contributed by atoms with Crippen molar-refractivity contribution in [2.45, 2.75) is 25.3 Å². The molecular weight excluding hydrogens is 326 g/mol. The molecule has 23 heavy (non-hydrogen) atoms. The Kier molecular flexibility index (Phi) is 6.86. The maximum atomic E-state index is 11.7. The summed E-state index contributed by atoms with van der Waals surface area (Å²) in [6.07, 6.45) is -0.207. The molecule has 1 rings (SSSR count). The summed E-state index contributed by atoms with van der Waals surface area (Å²) in [6, 6.07) is 7.14. The van der Waals surface area contributed by atoms with Crippen LogP contribution in [0.3, 0.4) is 0 Å². The van der Waals surface area contributed by atoms with E-state index in [0.717, 1.165) is 5.56 Å². The molecule has 3 N–H and O–H groups in total. The highest BCUT2D eigenvalue weighted by Crippen LogP contribution is 2.04. The Balaban J connectivity index is 2.46. The third-order valence-corrected chi connectivity index (χ3v) is 3.64. The third kappa shape index (κ3) is 8.07. The molecule has 0 bridgehead atoms. The van der Waals surface area contributed by atoms with Crippen LogP contribution in [0.1, 0.15) is 18.4 Å². The monoisotopic (exact) mass is 343 g/mol. The first-order valence-corrected chi connectivity index (χ1v) is 8.31. The molecule has 0 radical (unpaired) electrons. The molecule has 0 fully saturated rings. The van der Waals surface area contributed by atoms with Crippen LogP contribution in [0.4, 0.5) is 0 Å². The van der Waals surface area contributed by atoms with Gasteiger partial charge in [0.25, 0.3) is 10.1 Å². The van der Waals surface area contributed by atoms with Crippen LogP contribution in [0, 0.1) is 0 Å². The van der Waals surface area contributed by atoms with Gasteiger partial charge in [-0.3, -0.25) is 14.1 Å². The molecule has 0 aliphatic rings. The van der Waals surface area contributed by atoms with Gasteiger partial charge in [-0.05, 0) is 5.56 Å². The second-order valence-corrected chi connectivity index (χ2v) is 6.41. The first-order valence-electron chi connectivity index (χ1n) is 6.70. The number of amides is 1. The maximum Gasteiger partial charge on any atom is 0.327 e. The molecule has 1 amide bonds. The van der Waals surface area contributed by atoms with E-state index in [0.29, 0.717) is 0 Å². The summed E-state index contributed by atoms with van der Waals surface area (Å²) < 4.78 is 30.0. The number of carbonyl (C=O) groups excluding carboxylic acids is 2. The van der Waals surface area contributed by atoms with Gasteiger partial charge in [0, 0.05) is 19.3 Å². The lowest BCUT2D eigenvalue weighted by Gasteiger charge is -2.12. The molecule has 1 aromatic carbocycles. The number of ketones is 1. The smallest absolute Gasteiger partial charge is 0.327 e. The number of carboxylic acid groups (broad SMARTS) is 1. The number of Topliss-reactive ketones (excluding diaryl/α,β-unsaturated/α-hetero) is 1. The fourth-order valence-electron chi connectivity index (χ4n) is 1.82. The topological polar surface area (TPSA) is 138 Å². The van der Waals surface area contributed by atoms with Crippen LogP contribution < -0.4 is 5.32 Å². The molecule has 126 valence electrons. The number of rotatable bonds is 9. The van der Waals surface area contributed by atoms with E-state index in [1.54, 1.807) is 24.3 Å². The third-order valence-electron chi connectivity index (χ3n) is 2.89. The molecule has 0 spiro atoms. The Hall–Kier alpha value is -2.26. The summed E-state index contributed by atoms with van der Waals surface area (Å²) in [4.78, 5) is 34.2. The Morgan fingerprint density at radius 3 is 2.22 bits per heavy atom. The minimum atomic E-state index is -4.55. The van der Waals surface area contributed by atoms with Gasteiger partial charge in [-0.1, -0.05) is 30.3 Å². The van der Waals surface area contributed by atoms with Crippen molar-refractivity contribution in [3.05, 3.63) is 35.9 Å². The fraction of sp³-hybridized carbons (Fsp3) is 0.357. The highest BCUT2D eigenvalue weighted by molar-refractivity contribution is 7.85. The van der Waals surface area contributed by atoms with Gasteiger partial charge in [-0.15, -0.1) is 0 Å². The molecule has 8 nitrogen and oxygen atoms in total. The van der Waals surface area contributed by atoms with E-state index >= 15 is 0 Å². The molecule has 0 saturated carbocycles. The zero-order valence-electron chi connectivity index (χ0n) is 12.1. The standard InChI is InChI=1S/C14H17NO7S/c16-11(8-10-4-2-1-3-5-10)6-7-13(17)15-12(14(18)19)9-23(20,21)22/h1-5,12H,6-9H2,(H,15,17)(H,18,19)(H,20,21,22)/t12-/m0/s1. The summed E-state index contributed by atoms with van der Waals surface area (Å²) in [6.45, 7) is 0. The van der Waals surface area contributed by atoms with Gasteiger partial charge in [-0.25, -0.2) is 4.79 Å². The summed E-state index contributed by atoms with van der Waals surface area (Å²) >= 11 is 0. The van der Waals surface area contributed by atoms with E-state index in [1.807, 2.05) is 11.4 Å². The van der Waals surface area contributed by atoms with Crippen LogP contribution >= 0.6 is 0 Å². The van der Waals surface area contributed by atoms with Crippen molar-refractivity contribution in [2.75, 3.05) is 5.75 Å². The van der Waals surface area contributed by atoms with Crippen LogP contribution in [-0.2, 0) is 30.9 Å². The molecule has 0 aliphatic heterocycles. The van der Waals surface area contributed by atoms with Crippen LogP contribution in [0.5, 0.6) is 0 Å². The van der Waals surface area contributed by atoms with Crippen molar-refractivity contribution in [3.8, 4) is 0 Å². The van der Waals surface area contributed by atoms with E-state index < -0.39 is 33.8 Å². The van der Waals surface area contributed by atoms with Crippen molar-refractivity contribution in [1.29, 1.82) is 0 Å². The molecular formula is C14H17NO7S. The molecule has 0 heterocycles. The summed E-state index contributed by atoms with van der Waals surface area (Å²) in [5, 5.41) is 10.8. The number of aliphatic carboxylic acids is 1. The minimum absolute atomic E-state index is 0.0983. The van der Waals surface area contributed by atoms with E-state index in [4.69, 9.17) is 9.66 Å². The average Bonchev–Trinajstić information content (AvgIpc) is 2.44. The summed E-state index contributed by atoms with van der Waals surface area (Å²) in [7, 11) is -4.55. The largest absolute Gasteiger partial charge is 0.480 e. The summed E-state index contributed by atoms with van der Waals surface area (Å²) in [5.74, 6) is -3.70. The van der Waals surface area contributed by atoms with E-state index in [9.17, 15) is 22.8 Å². The van der Waals surface area contributed by atoms with Crippen LogP contribution in [0.15, 0.2) is 30.3 Å². The number of hydrogen-bond acceptors (Lipinski definition) is 5. The molecule has 0 aromatic heterocycles. The van der Waals surface area contributed by atoms with Crippen LogP contribution in [0.25, 0.3) is 0 Å². The fourth-order valence-corrected chi connectivity index (χ4v) is 2.46. The van der Waals surface area contributed by atoms with Crippen LogP contribution in [-0.4, -0.2) is 47.5 Å². The van der Waals surface area contributed by atoms with E-state index in [1.165, 1.54) is 0 Å². The van der Waals surface area contributed by atoms with E-state index in [2.05, 4.69) is 0 Å². The predicted molar refractivity (Wildman–Crippen MR) is 80.4 cm³/mol. The van der Waals surface area contributed by atoms with Gasteiger partial charge in [0.05, 0.1) is 0 Å². The summed E-state index contributed by atoms with van der Waals surface area (Å²) in [5.41, 5.74) is 0.799. The number of nitrogens with one attached hydrogen (secondary N) is 1. The molecule has 0 unspecified atom stereocenters. The maximum absolute atomic E-state index is 11.7.